The van der Waals surface area contributed by atoms with Crippen molar-refractivity contribution in [1.29, 1.82) is 0 Å². The molecular formula is C15H20N2O3S. The van der Waals surface area contributed by atoms with Crippen LogP contribution in [0.1, 0.15) is 53.4 Å². The molecule has 2 heterocycles. The number of rotatable bonds is 4. The van der Waals surface area contributed by atoms with Crippen LogP contribution in [-0.4, -0.2) is 21.2 Å². The van der Waals surface area contributed by atoms with Crippen molar-refractivity contribution < 1.29 is 14.4 Å². The molecule has 0 radical (unpaired) electrons. The fourth-order valence-electron chi connectivity index (χ4n) is 2.22. The van der Waals surface area contributed by atoms with Gasteiger partial charge in [0.25, 0.3) is 0 Å². The van der Waals surface area contributed by atoms with Gasteiger partial charge in [-0.3, -0.25) is 4.79 Å². The molecule has 0 saturated carbocycles. The van der Waals surface area contributed by atoms with Gasteiger partial charge in [-0.15, -0.1) is 11.3 Å². The SMILES string of the molecule is Cc1noc(C)c1Cc1nc(C(C)(C)C)c(CC(=O)O)s1. The molecule has 0 spiro atoms. The summed E-state index contributed by atoms with van der Waals surface area (Å²) < 4.78 is 5.17. The van der Waals surface area contributed by atoms with Crippen molar-refractivity contribution in [2.45, 2.75) is 52.9 Å². The van der Waals surface area contributed by atoms with Crippen molar-refractivity contribution in [2.75, 3.05) is 0 Å². The number of aryl methyl sites for hydroxylation is 2. The summed E-state index contributed by atoms with van der Waals surface area (Å²) in [7, 11) is 0. The summed E-state index contributed by atoms with van der Waals surface area (Å²) in [5.41, 5.74) is 2.60. The number of aromatic nitrogens is 2. The van der Waals surface area contributed by atoms with Crippen LogP contribution in [0.25, 0.3) is 0 Å². The fourth-order valence-corrected chi connectivity index (χ4v) is 3.51. The number of hydrogen-bond acceptors (Lipinski definition) is 5. The van der Waals surface area contributed by atoms with Crippen molar-refractivity contribution in [2.24, 2.45) is 0 Å². The molecule has 2 aromatic rings. The maximum absolute atomic E-state index is 11.0. The van der Waals surface area contributed by atoms with Crippen LogP contribution in [0.15, 0.2) is 4.52 Å². The Hall–Kier alpha value is -1.69. The van der Waals surface area contributed by atoms with Crippen LogP contribution < -0.4 is 0 Å². The highest BCUT2D eigenvalue weighted by Gasteiger charge is 2.25. The van der Waals surface area contributed by atoms with E-state index in [1.54, 1.807) is 0 Å². The van der Waals surface area contributed by atoms with Gasteiger partial charge in [0.2, 0.25) is 0 Å². The second kappa shape index (κ2) is 5.60. The minimum absolute atomic E-state index is 0.0197. The molecule has 114 valence electrons. The summed E-state index contributed by atoms with van der Waals surface area (Å²) in [6.45, 7) is 9.93. The Morgan fingerprint density at radius 1 is 1.33 bits per heavy atom. The van der Waals surface area contributed by atoms with Crippen LogP contribution in [0.4, 0.5) is 0 Å². The zero-order valence-electron chi connectivity index (χ0n) is 13.0. The van der Waals surface area contributed by atoms with Gasteiger partial charge in [0.15, 0.2) is 0 Å². The molecular weight excluding hydrogens is 288 g/mol. The third-order valence-corrected chi connectivity index (χ3v) is 4.33. The number of hydrogen-bond donors (Lipinski definition) is 1. The number of carboxylic acids is 1. The molecule has 5 nitrogen and oxygen atoms in total. The van der Waals surface area contributed by atoms with E-state index >= 15 is 0 Å². The molecule has 2 rings (SSSR count). The predicted molar refractivity (Wildman–Crippen MR) is 80.9 cm³/mol. The zero-order chi connectivity index (χ0) is 15.8. The molecule has 0 aliphatic rings. The van der Waals surface area contributed by atoms with E-state index in [0.29, 0.717) is 6.42 Å². The highest BCUT2D eigenvalue weighted by molar-refractivity contribution is 7.11. The van der Waals surface area contributed by atoms with Crippen LogP contribution in [0, 0.1) is 13.8 Å². The Morgan fingerprint density at radius 3 is 2.48 bits per heavy atom. The molecule has 0 fully saturated rings. The van der Waals surface area contributed by atoms with Gasteiger partial charge in [-0.2, -0.15) is 0 Å². The molecule has 0 aliphatic carbocycles. The molecule has 0 aliphatic heterocycles. The molecule has 1 N–H and O–H groups in total. The van der Waals surface area contributed by atoms with E-state index in [4.69, 9.17) is 9.63 Å². The van der Waals surface area contributed by atoms with E-state index in [-0.39, 0.29) is 11.8 Å². The zero-order valence-corrected chi connectivity index (χ0v) is 13.8. The van der Waals surface area contributed by atoms with Gasteiger partial charge in [-0.25, -0.2) is 4.98 Å². The van der Waals surface area contributed by atoms with E-state index in [1.165, 1.54) is 11.3 Å². The summed E-state index contributed by atoms with van der Waals surface area (Å²) in [6, 6.07) is 0. The van der Waals surface area contributed by atoms with Crippen molar-refractivity contribution in [1.82, 2.24) is 10.1 Å². The van der Waals surface area contributed by atoms with Gasteiger partial charge in [-0.1, -0.05) is 25.9 Å². The van der Waals surface area contributed by atoms with Crippen LogP contribution >= 0.6 is 11.3 Å². The molecule has 2 aromatic heterocycles. The van der Waals surface area contributed by atoms with E-state index in [2.05, 4.69) is 10.1 Å². The van der Waals surface area contributed by atoms with E-state index < -0.39 is 5.97 Å². The van der Waals surface area contributed by atoms with Crippen molar-refractivity contribution in [3.05, 3.63) is 32.6 Å². The third kappa shape index (κ3) is 3.50. The summed E-state index contributed by atoms with van der Waals surface area (Å²) in [4.78, 5) is 16.5. The Labute approximate surface area is 128 Å². The number of carboxylic acid groups (broad SMARTS) is 1. The first-order chi connectivity index (χ1) is 9.68. The van der Waals surface area contributed by atoms with Gasteiger partial charge in [0, 0.05) is 22.3 Å². The number of thiazole rings is 1. The first kappa shape index (κ1) is 15.7. The normalized spacial score (nSPS) is 11.9. The predicted octanol–water partition coefficient (Wildman–Crippen LogP) is 3.26. The largest absolute Gasteiger partial charge is 0.481 e. The maximum atomic E-state index is 11.0. The average Bonchev–Trinajstić information content (AvgIpc) is 2.86. The number of carbonyl (C=O) groups is 1. The Kier molecular flexibility index (Phi) is 4.18. The molecule has 0 saturated heterocycles. The van der Waals surface area contributed by atoms with E-state index in [9.17, 15) is 4.79 Å². The number of nitrogens with zero attached hydrogens (tertiary/aromatic N) is 2. The third-order valence-electron chi connectivity index (χ3n) is 3.27. The maximum Gasteiger partial charge on any atom is 0.308 e. The smallest absolute Gasteiger partial charge is 0.308 e. The molecule has 0 bridgehead atoms. The van der Waals surface area contributed by atoms with Gasteiger partial charge < -0.3 is 9.63 Å². The van der Waals surface area contributed by atoms with Crippen LogP contribution in [0.5, 0.6) is 0 Å². The molecule has 0 unspecified atom stereocenters. The van der Waals surface area contributed by atoms with Gasteiger partial charge in [-0.05, 0) is 13.8 Å². The highest BCUT2D eigenvalue weighted by Crippen LogP contribution is 2.31. The standard InChI is InChI=1S/C15H20N2O3S/c1-8-10(9(2)20-17-8)6-12-16-14(15(3,4)5)11(21-12)7-13(18)19/h6-7H2,1-5H3,(H,18,19). The van der Waals surface area contributed by atoms with Crippen LogP contribution in [-0.2, 0) is 23.1 Å². The minimum Gasteiger partial charge on any atom is -0.481 e. The van der Waals surface area contributed by atoms with Crippen LogP contribution in [0.2, 0.25) is 0 Å². The lowest BCUT2D eigenvalue weighted by molar-refractivity contribution is -0.136. The minimum atomic E-state index is -0.826. The second-order valence-corrected chi connectivity index (χ2v) is 7.35. The van der Waals surface area contributed by atoms with E-state index in [1.807, 2.05) is 34.6 Å². The van der Waals surface area contributed by atoms with Gasteiger partial charge in [0.05, 0.1) is 22.8 Å². The first-order valence-electron chi connectivity index (χ1n) is 6.81. The molecule has 0 aromatic carbocycles. The van der Waals surface area contributed by atoms with Gasteiger partial charge in [0.1, 0.15) is 5.76 Å². The molecule has 0 amide bonds. The summed E-state index contributed by atoms with van der Waals surface area (Å²) >= 11 is 1.47. The fraction of sp³-hybridized carbons (Fsp3) is 0.533. The van der Waals surface area contributed by atoms with Crippen molar-refractivity contribution in [3.63, 3.8) is 0 Å². The summed E-state index contributed by atoms with van der Waals surface area (Å²) in [6.07, 6.45) is 0.653. The second-order valence-electron chi connectivity index (χ2n) is 6.18. The Bertz CT molecular complexity index is 646. The molecule has 6 heteroatoms. The van der Waals surface area contributed by atoms with Crippen LogP contribution in [0.3, 0.4) is 0 Å². The lowest BCUT2D eigenvalue weighted by Gasteiger charge is -2.16. The van der Waals surface area contributed by atoms with Crippen molar-refractivity contribution >= 4 is 17.3 Å². The summed E-state index contributed by atoms with van der Waals surface area (Å²) in [5, 5.41) is 13.9. The number of aliphatic carboxylic acids is 1. The molecule has 21 heavy (non-hydrogen) atoms. The Balaban J connectivity index is 2.37. The van der Waals surface area contributed by atoms with E-state index in [0.717, 1.165) is 32.6 Å². The highest BCUT2D eigenvalue weighted by atomic mass is 32.1. The first-order valence-corrected chi connectivity index (χ1v) is 7.62. The van der Waals surface area contributed by atoms with Gasteiger partial charge >= 0.3 is 5.97 Å². The Morgan fingerprint density at radius 2 is 2.00 bits per heavy atom. The lowest BCUT2D eigenvalue weighted by atomic mass is 9.91. The average molecular weight is 308 g/mol. The topological polar surface area (TPSA) is 76.2 Å². The van der Waals surface area contributed by atoms with Crippen molar-refractivity contribution in [3.8, 4) is 0 Å². The monoisotopic (exact) mass is 308 g/mol. The summed E-state index contributed by atoms with van der Waals surface area (Å²) in [5.74, 6) is -0.0344. The molecule has 0 atom stereocenters. The lowest BCUT2D eigenvalue weighted by Crippen LogP contribution is -2.15. The quantitative estimate of drug-likeness (QED) is 0.938.